The summed E-state index contributed by atoms with van der Waals surface area (Å²) in [4.78, 5) is 44.4. The van der Waals surface area contributed by atoms with Crippen molar-refractivity contribution in [1.29, 1.82) is 5.26 Å². The second-order valence-electron chi connectivity index (χ2n) is 17.3. The van der Waals surface area contributed by atoms with Crippen molar-refractivity contribution >= 4 is 57.8 Å². The van der Waals surface area contributed by atoms with Gasteiger partial charge in [0, 0.05) is 57.2 Å². The summed E-state index contributed by atoms with van der Waals surface area (Å²) in [5, 5.41) is 26.3. The predicted octanol–water partition coefficient (Wildman–Crippen LogP) is 5.99. The van der Waals surface area contributed by atoms with E-state index < -0.39 is 41.5 Å². The van der Waals surface area contributed by atoms with Gasteiger partial charge in [0.1, 0.15) is 23.2 Å². The monoisotopic (exact) mass is 934 g/mol. The van der Waals surface area contributed by atoms with E-state index in [9.17, 15) is 24.8 Å². The van der Waals surface area contributed by atoms with Crippen LogP contribution in [-0.4, -0.2) is 117 Å². The highest BCUT2D eigenvalue weighted by Crippen LogP contribution is 2.48. The van der Waals surface area contributed by atoms with Crippen LogP contribution in [-0.2, 0) is 21.4 Å². The van der Waals surface area contributed by atoms with Crippen molar-refractivity contribution in [2.45, 2.75) is 74.5 Å². The number of carbonyl (C=O) groups excluding carboxylic acids is 2. The molecule has 1 saturated carbocycles. The Kier molecular flexibility index (Phi) is 13.6. The number of piperidine rings is 1. The molecular formula is C45H50F4N10O6S. The van der Waals surface area contributed by atoms with Crippen molar-refractivity contribution in [1.82, 2.24) is 33.9 Å². The summed E-state index contributed by atoms with van der Waals surface area (Å²) in [6, 6.07) is 11.4. The number of anilines is 2. The summed E-state index contributed by atoms with van der Waals surface area (Å²) < 4.78 is 83.3. The molecule has 2 aromatic heterocycles. The number of halogens is 4. The van der Waals surface area contributed by atoms with Gasteiger partial charge in [-0.3, -0.25) is 33.8 Å². The van der Waals surface area contributed by atoms with E-state index in [1.54, 1.807) is 36.4 Å². The smallest absolute Gasteiger partial charge is 0.267 e. The number of nitriles is 1. The first-order valence-electron chi connectivity index (χ1n) is 21.7. The Morgan fingerprint density at radius 1 is 1.09 bits per heavy atom. The predicted molar refractivity (Wildman–Crippen MR) is 239 cm³/mol. The number of aliphatic hydroxyl groups excluding tert-OH is 1. The number of aromatic nitrogens is 4. The van der Waals surface area contributed by atoms with Gasteiger partial charge in [0.05, 0.1) is 65.8 Å². The lowest BCUT2D eigenvalue weighted by Gasteiger charge is -2.46. The van der Waals surface area contributed by atoms with Crippen LogP contribution in [0.25, 0.3) is 21.8 Å². The zero-order valence-electron chi connectivity index (χ0n) is 36.6. The molecule has 0 bridgehead atoms. The molecule has 2 saturated heterocycles. The molecule has 1 spiro atoms. The zero-order chi connectivity index (χ0) is 46.9. The molecule has 4 heterocycles. The molecule has 2 unspecified atom stereocenters. The Labute approximate surface area is 381 Å². The number of likely N-dealkylation sites (N-methyl/N-ethyl adjacent to an activating group) is 1. The van der Waals surface area contributed by atoms with Crippen LogP contribution in [0.1, 0.15) is 68.0 Å². The van der Waals surface area contributed by atoms with Gasteiger partial charge in [0.2, 0.25) is 12.3 Å². The van der Waals surface area contributed by atoms with Gasteiger partial charge in [0.25, 0.3) is 11.5 Å². The number of imide groups is 1. The number of alkyl halides is 2. The molecule has 2 atom stereocenters. The maximum atomic E-state index is 16.2. The number of carbonyl (C=O) groups is 2. The molecule has 66 heavy (non-hydrogen) atoms. The number of aliphatic hydroxyl groups is 1. The maximum Gasteiger partial charge on any atom is 0.267 e. The number of fused-ring (bicyclic) bond motifs is 2. The fourth-order valence-corrected chi connectivity index (χ4v) is 10.2. The second kappa shape index (κ2) is 19.2. The summed E-state index contributed by atoms with van der Waals surface area (Å²) >= 11 is 1.12. The molecule has 350 valence electrons. The first-order valence-corrected chi connectivity index (χ1v) is 22.4. The zero-order valence-corrected chi connectivity index (χ0v) is 37.4. The van der Waals surface area contributed by atoms with E-state index in [4.69, 9.17) is 9.47 Å². The number of benzene rings is 3. The topological polar surface area (TPSA) is 183 Å². The molecule has 2 aliphatic heterocycles. The highest BCUT2D eigenvalue weighted by molar-refractivity contribution is 7.98. The lowest BCUT2D eigenvalue weighted by atomic mass is 9.78. The van der Waals surface area contributed by atoms with Crippen LogP contribution < -0.4 is 25.2 Å². The molecule has 8 rings (SSSR count). The second-order valence-corrected chi connectivity index (χ2v) is 18.3. The van der Waals surface area contributed by atoms with Gasteiger partial charge >= 0.3 is 0 Å². The maximum absolute atomic E-state index is 16.2. The van der Waals surface area contributed by atoms with Crippen molar-refractivity contribution < 1.29 is 41.7 Å². The van der Waals surface area contributed by atoms with E-state index in [1.165, 1.54) is 52.0 Å². The quantitative estimate of drug-likeness (QED) is 0.0632. The molecule has 16 nitrogen and oxygen atoms in total. The summed E-state index contributed by atoms with van der Waals surface area (Å²) in [5.74, 6) is -6.37. The van der Waals surface area contributed by atoms with Crippen LogP contribution in [0.4, 0.5) is 29.1 Å². The van der Waals surface area contributed by atoms with Crippen LogP contribution in [0.15, 0.2) is 53.6 Å². The van der Waals surface area contributed by atoms with Gasteiger partial charge in [-0.2, -0.15) is 10.4 Å². The Hall–Kier alpha value is -5.79. The third-order valence-corrected chi connectivity index (χ3v) is 13.9. The molecule has 3 fully saturated rings. The number of nitrogens with zero attached hydrogens (tertiary/aromatic N) is 8. The van der Waals surface area contributed by atoms with Crippen molar-refractivity contribution in [3.8, 4) is 17.6 Å². The standard InChI is InChI=1S/C45H50F4N10O6S/c1-55(14-11-40(62)52-26-61)42-32-19-36(47)30(20-39(32)57(3)53-42)34-10-15-58(24-45(34,48)49)27-8-12-44(13-9-27)21-28(23-64-44)59-25-51-37-6-4-29(18-31(37)43(59)63)65-41-33(22-50)38(7-5-35(41)46)54-66-56(2)16-17-60/h4-7,18-20,25-28,34,54,60H,8-17,21,23-24H2,1-3H3,(H,52,61,62). The minimum absolute atomic E-state index is 0.00171. The summed E-state index contributed by atoms with van der Waals surface area (Å²) in [5.41, 5.74) is 0.129. The van der Waals surface area contributed by atoms with Crippen LogP contribution in [0.3, 0.4) is 0 Å². The Balaban J connectivity index is 0.904. The van der Waals surface area contributed by atoms with Gasteiger partial charge in [-0.1, -0.05) is 0 Å². The van der Waals surface area contributed by atoms with Crippen molar-refractivity contribution in [2.24, 2.45) is 7.05 Å². The number of likely N-dealkylation sites (tertiary alicyclic amines) is 1. The van der Waals surface area contributed by atoms with E-state index in [1.807, 2.05) is 11.0 Å². The third kappa shape index (κ3) is 9.42. The highest BCUT2D eigenvalue weighted by Gasteiger charge is 2.50. The van der Waals surface area contributed by atoms with Crippen LogP contribution >= 0.6 is 12.1 Å². The van der Waals surface area contributed by atoms with Gasteiger partial charge in [-0.05, 0) is 100 Å². The molecular weight excluding hydrogens is 885 g/mol. The minimum Gasteiger partial charge on any atom is -0.453 e. The molecule has 21 heteroatoms. The number of rotatable bonds is 15. The van der Waals surface area contributed by atoms with Crippen molar-refractivity contribution in [3.05, 3.63) is 81.9 Å². The van der Waals surface area contributed by atoms with Gasteiger partial charge in [-0.15, -0.1) is 0 Å². The summed E-state index contributed by atoms with van der Waals surface area (Å²) in [7, 11) is 5.06. The molecule has 0 radical (unpaired) electrons. The largest absolute Gasteiger partial charge is 0.453 e. The van der Waals surface area contributed by atoms with E-state index in [0.29, 0.717) is 79.5 Å². The number of aryl methyl sites for hydroxylation is 1. The Bertz CT molecular complexity index is 2740. The molecule has 3 aliphatic rings. The fourth-order valence-electron chi connectivity index (χ4n) is 9.56. The van der Waals surface area contributed by atoms with Crippen LogP contribution in [0.5, 0.6) is 11.5 Å². The Morgan fingerprint density at radius 2 is 1.88 bits per heavy atom. The average molecular weight is 935 g/mol. The van der Waals surface area contributed by atoms with E-state index in [2.05, 4.69) is 20.1 Å². The Morgan fingerprint density at radius 3 is 2.61 bits per heavy atom. The number of amides is 2. The lowest BCUT2D eigenvalue weighted by Crippen LogP contribution is -2.53. The van der Waals surface area contributed by atoms with Gasteiger partial charge in [0.15, 0.2) is 17.4 Å². The number of hydrogen-bond acceptors (Lipinski definition) is 14. The van der Waals surface area contributed by atoms with Crippen LogP contribution in [0.2, 0.25) is 0 Å². The third-order valence-electron chi connectivity index (χ3n) is 13.1. The van der Waals surface area contributed by atoms with Gasteiger partial charge < -0.3 is 24.2 Å². The molecule has 3 aromatic carbocycles. The normalized spacial score (nSPS) is 21.9. The van der Waals surface area contributed by atoms with Crippen molar-refractivity contribution in [2.75, 3.05) is 63.1 Å². The number of ether oxygens (including phenoxy) is 2. The van der Waals surface area contributed by atoms with Gasteiger partial charge in [-0.25, -0.2) is 26.9 Å². The lowest BCUT2D eigenvalue weighted by molar-refractivity contribution is -0.125. The molecule has 1 aliphatic carbocycles. The van der Waals surface area contributed by atoms with E-state index >= 15 is 17.6 Å². The number of nitrogens with one attached hydrogen (secondary N) is 2. The fraction of sp³-hybridized carbons (Fsp3) is 0.467. The first-order chi connectivity index (χ1) is 31.6. The number of hydrogen-bond donors (Lipinski definition) is 3. The summed E-state index contributed by atoms with van der Waals surface area (Å²) in [6.07, 6.45) is 4.79. The summed E-state index contributed by atoms with van der Waals surface area (Å²) in [6.45, 7) is 0.567. The van der Waals surface area contributed by atoms with E-state index in [-0.39, 0.29) is 78.3 Å². The minimum atomic E-state index is -3.22. The van der Waals surface area contributed by atoms with Crippen molar-refractivity contribution in [3.63, 3.8) is 0 Å². The molecule has 2 amide bonds. The first kappa shape index (κ1) is 46.7. The molecule has 5 aromatic rings. The van der Waals surface area contributed by atoms with Crippen LogP contribution in [0, 0.1) is 23.0 Å². The highest BCUT2D eigenvalue weighted by atomic mass is 32.2. The molecule has 3 N–H and O–H groups in total. The average Bonchev–Trinajstić information content (AvgIpc) is 3.85. The van der Waals surface area contributed by atoms with E-state index in [0.717, 1.165) is 12.1 Å². The SMILES string of the molecule is CN(CCO)SNc1ccc(F)c(Oc2ccc3ncn(C4COC5(CCC(N6CCC(c7cc8c(cc7F)c(N(C)CCC(=O)NC=O)nn8C)C(F)(F)C6)CC5)C4)c(=O)c3c2)c1C#N.